The van der Waals surface area contributed by atoms with Gasteiger partial charge in [-0.2, -0.15) is 0 Å². The average molecular weight is 156 g/mol. The Kier molecular flexibility index (Phi) is 2.06. The highest BCUT2D eigenvalue weighted by Gasteiger charge is 2.45. The second kappa shape index (κ2) is 2.59. The van der Waals surface area contributed by atoms with Gasteiger partial charge >= 0.3 is 0 Å². The first kappa shape index (κ1) is 8.72. The lowest BCUT2D eigenvalue weighted by molar-refractivity contribution is -0.140. The highest BCUT2D eigenvalue weighted by molar-refractivity contribution is 5.88. The van der Waals surface area contributed by atoms with E-state index in [-0.39, 0.29) is 17.6 Å². The zero-order chi connectivity index (χ0) is 8.65. The molecular weight excluding hydrogens is 140 g/mol. The third kappa shape index (κ3) is 1.62. The number of aliphatic hydroxyl groups is 1. The molecule has 0 amide bonds. The summed E-state index contributed by atoms with van der Waals surface area (Å²) in [7, 11) is 0. The molecule has 0 radical (unpaired) electrons. The normalized spacial score (nSPS) is 23.4. The van der Waals surface area contributed by atoms with E-state index < -0.39 is 5.60 Å². The SMILES string of the molecule is CC(C)C(=O)C(C)(O)C1CC1. The van der Waals surface area contributed by atoms with Crippen molar-refractivity contribution >= 4 is 5.78 Å². The van der Waals surface area contributed by atoms with Crippen LogP contribution >= 0.6 is 0 Å². The van der Waals surface area contributed by atoms with Crippen LogP contribution in [0.15, 0.2) is 0 Å². The second-order valence-corrected chi connectivity index (χ2v) is 3.94. The summed E-state index contributed by atoms with van der Waals surface area (Å²) in [6.07, 6.45) is 2.01. The molecule has 64 valence electrons. The molecule has 0 aliphatic heterocycles. The minimum atomic E-state index is -1.05. The second-order valence-electron chi connectivity index (χ2n) is 3.94. The van der Waals surface area contributed by atoms with Gasteiger partial charge in [0.1, 0.15) is 5.60 Å². The van der Waals surface area contributed by atoms with E-state index in [4.69, 9.17) is 0 Å². The lowest BCUT2D eigenvalue weighted by atomic mass is 9.88. The molecule has 0 aromatic carbocycles. The Hall–Kier alpha value is -0.370. The van der Waals surface area contributed by atoms with Crippen LogP contribution < -0.4 is 0 Å². The highest BCUT2D eigenvalue weighted by Crippen LogP contribution is 2.40. The van der Waals surface area contributed by atoms with Crippen molar-refractivity contribution in [2.75, 3.05) is 0 Å². The van der Waals surface area contributed by atoms with Gasteiger partial charge in [0.05, 0.1) is 0 Å². The molecule has 0 spiro atoms. The fourth-order valence-corrected chi connectivity index (χ4v) is 1.43. The lowest BCUT2D eigenvalue weighted by Crippen LogP contribution is -2.40. The third-order valence-electron chi connectivity index (χ3n) is 2.40. The van der Waals surface area contributed by atoms with E-state index in [9.17, 15) is 9.90 Å². The first-order valence-electron chi connectivity index (χ1n) is 4.23. The molecule has 2 heteroatoms. The van der Waals surface area contributed by atoms with Crippen LogP contribution in [-0.4, -0.2) is 16.5 Å². The Morgan fingerprint density at radius 1 is 1.55 bits per heavy atom. The highest BCUT2D eigenvalue weighted by atomic mass is 16.3. The van der Waals surface area contributed by atoms with Crippen molar-refractivity contribution in [2.45, 2.75) is 39.2 Å². The summed E-state index contributed by atoms with van der Waals surface area (Å²) in [6, 6.07) is 0. The maximum atomic E-state index is 11.4. The van der Waals surface area contributed by atoms with Crippen LogP contribution in [0.4, 0.5) is 0 Å². The van der Waals surface area contributed by atoms with Gasteiger partial charge in [-0.05, 0) is 25.7 Å². The average Bonchev–Trinajstić information content (AvgIpc) is 2.66. The van der Waals surface area contributed by atoms with Crippen molar-refractivity contribution in [1.82, 2.24) is 0 Å². The van der Waals surface area contributed by atoms with Crippen LogP contribution in [0, 0.1) is 11.8 Å². The fourth-order valence-electron chi connectivity index (χ4n) is 1.43. The topological polar surface area (TPSA) is 37.3 Å². The third-order valence-corrected chi connectivity index (χ3v) is 2.40. The number of Topliss-reactive ketones (excluding diaryl/α,β-unsaturated/α-hetero) is 1. The van der Waals surface area contributed by atoms with E-state index in [1.807, 2.05) is 13.8 Å². The van der Waals surface area contributed by atoms with E-state index >= 15 is 0 Å². The smallest absolute Gasteiger partial charge is 0.166 e. The van der Waals surface area contributed by atoms with Crippen molar-refractivity contribution in [3.63, 3.8) is 0 Å². The van der Waals surface area contributed by atoms with Gasteiger partial charge < -0.3 is 5.11 Å². The number of hydrogen-bond donors (Lipinski definition) is 1. The molecule has 0 aromatic rings. The largest absolute Gasteiger partial charge is 0.382 e. The van der Waals surface area contributed by atoms with Crippen molar-refractivity contribution in [3.8, 4) is 0 Å². The molecule has 1 aliphatic rings. The van der Waals surface area contributed by atoms with E-state index in [1.165, 1.54) is 0 Å². The first-order chi connectivity index (χ1) is 4.96. The number of rotatable bonds is 3. The maximum absolute atomic E-state index is 11.4. The molecular formula is C9H16O2. The van der Waals surface area contributed by atoms with Gasteiger partial charge in [-0.15, -0.1) is 0 Å². The Balaban J connectivity index is 2.62. The predicted octanol–water partition coefficient (Wildman–Crippen LogP) is 1.37. The molecule has 0 bridgehead atoms. The van der Waals surface area contributed by atoms with Crippen molar-refractivity contribution < 1.29 is 9.90 Å². The monoisotopic (exact) mass is 156 g/mol. The standard InChI is InChI=1S/C9H16O2/c1-6(2)8(10)9(3,11)7-4-5-7/h6-7,11H,4-5H2,1-3H3. The van der Waals surface area contributed by atoms with Crippen LogP contribution in [0.25, 0.3) is 0 Å². The summed E-state index contributed by atoms with van der Waals surface area (Å²) in [6.45, 7) is 5.31. The van der Waals surface area contributed by atoms with Crippen LogP contribution in [0.3, 0.4) is 0 Å². The lowest BCUT2D eigenvalue weighted by Gasteiger charge is -2.23. The molecule has 1 unspecified atom stereocenters. The summed E-state index contributed by atoms with van der Waals surface area (Å²) in [5.41, 5.74) is -1.05. The predicted molar refractivity (Wildman–Crippen MR) is 43.2 cm³/mol. The van der Waals surface area contributed by atoms with Crippen LogP contribution in [0.1, 0.15) is 33.6 Å². The van der Waals surface area contributed by atoms with Crippen molar-refractivity contribution in [3.05, 3.63) is 0 Å². The quantitative estimate of drug-likeness (QED) is 0.670. The Bertz CT molecular complexity index is 166. The summed E-state index contributed by atoms with van der Waals surface area (Å²) >= 11 is 0. The van der Waals surface area contributed by atoms with Crippen LogP contribution in [0.2, 0.25) is 0 Å². The van der Waals surface area contributed by atoms with Crippen LogP contribution in [0.5, 0.6) is 0 Å². The first-order valence-corrected chi connectivity index (χ1v) is 4.23. The molecule has 11 heavy (non-hydrogen) atoms. The van der Waals surface area contributed by atoms with Gasteiger partial charge in [0.25, 0.3) is 0 Å². The van der Waals surface area contributed by atoms with Crippen molar-refractivity contribution in [2.24, 2.45) is 11.8 Å². The van der Waals surface area contributed by atoms with E-state index in [2.05, 4.69) is 0 Å². The molecule has 1 rings (SSSR count). The Morgan fingerprint density at radius 2 is 2.00 bits per heavy atom. The molecule has 1 aliphatic carbocycles. The van der Waals surface area contributed by atoms with E-state index in [0.29, 0.717) is 0 Å². The van der Waals surface area contributed by atoms with Gasteiger partial charge in [-0.3, -0.25) is 4.79 Å². The van der Waals surface area contributed by atoms with Gasteiger partial charge in [-0.1, -0.05) is 13.8 Å². The summed E-state index contributed by atoms with van der Waals surface area (Å²) < 4.78 is 0. The summed E-state index contributed by atoms with van der Waals surface area (Å²) in [5, 5.41) is 9.74. The maximum Gasteiger partial charge on any atom is 0.166 e. The fraction of sp³-hybridized carbons (Fsp3) is 0.889. The van der Waals surface area contributed by atoms with Crippen molar-refractivity contribution in [1.29, 1.82) is 0 Å². The molecule has 0 aromatic heterocycles. The minimum Gasteiger partial charge on any atom is -0.382 e. The molecule has 1 saturated carbocycles. The number of carbonyl (C=O) groups excluding carboxylic acids is 1. The van der Waals surface area contributed by atoms with Gasteiger partial charge in [0.2, 0.25) is 0 Å². The van der Waals surface area contributed by atoms with E-state index in [1.54, 1.807) is 6.92 Å². The number of hydrogen-bond acceptors (Lipinski definition) is 2. The molecule has 0 saturated heterocycles. The van der Waals surface area contributed by atoms with E-state index in [0.717, 1.165) is 12.8 Å². The summed E-state index contributed by atoms with van der Waals surface area (Å²) in [5.74, 6) is 0.169. The molecule has 1 fully saturated rings. The van der Waals surface area contributed by atoms with Crippen LogP contribution in [-0.2, 0) is 4.79 Å². The van der Waals surface area contributed by atoms with Gasteiger partial charge in [0.15, 0.2) is 5.78 Å². The number of ketones is 1. The Labute approximate surface area is 67.6 Å². The minimum absolute atomic E-state index is 0.0139. The molecule has 1 atom stereocenters. The zero-order valence-corrected chi connectivity index (χ0v) is 7.42. The molecule has 2 nitrogen and oxygen atoms in total. The Morgan fingerprint density at radius 3 is 2.27 bits per heavy atom. The molecule has 1 N–H and O–H groups in total. The zero-order valence-electron chi connectivity index (χ0n) is 7.42. The van der Waals surface area contributed by atoms with Gasteiger partial charge in [-0.25, -0.2) is 0 Å². The summed E-state index contributed by atoms with van der Waals surface area (Å²) in [4.78, 5) is 11.4. The number of carbonyl (C=O) groups is 1. The van der Waals surface area contributed by atoms with Gasteiger partial charge in [0, 0.05) is 5.92 Å². The molecule has 0 heterocycles.